The molecule has 0 saturated heterocycles. The molecule has 0 heterocycles. The minimum absolute atomic E-state index is 0.00432. The van der Waals surface area contributed by atoms with E-state index < -0.39 is 22.0 Å². The van der Waals surface area contributed by atoms with E-state index in [4.69, 9.17) is 28.3 Å². The van der Waals surface area contributed by atoms with Gasteiger partial charge in [0.05, 0.1) is 10.0 Å². The van der Waals surface area contributed by atoms with Gasteiger partial charge in [0, 0.05) is 4.47 Å². The summed E-state index contributed by atoms with van der Waals surface area (Å²) in [5.74, 6) is -1.25. The number of hydrogen-bond donors (Lipinski definition) is 2. The molecule has 0 aliphatic heterocycles. The first kappa shape index (κ1) is 18.7. The number of hydrogen-bond acceptors (Lipinski definition) is 3. The lowest BCUT2D eigenvalue weighted by molar-refractivity contribution is -0.139. The molecule has 0 spiro atoms. The lowest BCUT2D eigenvalue weighted by atomic mass is 10.1. The maximum Gasteiger partial charge on any atom is 0.321 e. The van der Waals surface area contributed by atoms with Crippen LogP contribution in [0.15, 0.2) is 21.5 Å². The van der Waals surface area contributed by atoms with E-state index in [9.17, 15) is 13.2 Å². The molecule has 118 valence electrons. The van der Waals surface area contributed by atoms with Crippen LogP contribution >= 0.6 is 39.1 Å². The molecule has 0 aromatic heterocycles. The third-order valence-electron chi connectivity index (χ3n) is 2.53. The molecule has 1 atom stereocenters. The third-order valence-corrected chi connectivity index (χ3v) is 5.38. The van der Waals surface area contributed by atoms with Gasteiger partial charge in [0.1, 0.15) is 10.9 Å². The summed E-state index contributed by atoms with van der Waals surface area (Å²) in [4.78, 5) is 10.8. The number of halogens is 3. The minimum atomic E-state index is -4.14. The van der Waals surface area contributed by atoms with Gasteiger partial charge in [-0.25, -0.2) is 8.42 Å². The fourth-order valence-electron chi connectivity index (χ4n) is 1.70. The maximum absolute atomic E-state index is 12.3. The van der Waals surface area contributed by atoms with Crippen LogP contribution in [0.2, 0.25) is 10.0 Å². The van der Waals surface area contributed by atoms with Crippen LogP contribution in [0.3, 0.4) is 0 Å². The number of rotatable bonds is 6. The van der Waals surface area contributed by atoms with Gasteiger partial charge in [-0.3, -0.25) is 4.79 Å². The van der Waals surface area contributed by atoms with Crippen LogP contribution in [0.1, 0.15) is 20.3 Å². The van der Waals surface area contributed by atoms with Crippen molar-refractivity contribution < 1.29 is 18.3 Å². The topological polar surface area (TPSA) is 83.5 Å². The van der Waals surface area contributed by atoms with E-state index >= 15 is 0 Å². The van der Waals surface area contributed by atoms with E-state index in [-0.39, 0.29) is 27.3 Å². The van der Waals surface area contributed by atoms with Crippen molar-refractivity contribution in [2.75, 3.05) is 0 Å². The van der Waals surface area contributed by atoms with Crippen molar-refractivity contribution in [3.05, 3.63) is 26.7 Å². The van der Waals surface area contributed by atoms with Gasteiger partial charge in [0.2, 0.25) is 10.0 Å². The smallest absolute Gasteiger partial charge is 0.321 e. The Morgan fingerprint density at radius 1 is 1.33 bits per heavy atom. The first-order chi connectivity index (χ1) is 9.54. The summed E-state index contributed by atoms with van der Waals surface area (Å²) in [6.07, 6.45) is 0.153. The molecule has 1 rings (SSSR count). The van der Waals surface area contributed by atoms with E-state index in [1.165, 1.54) is 12.1 Å². The second-order valence-corrected chi connectivity index (χ2v) is 8.22. The molecule has 0 radical (unpaired) electrons. The first-order valence-electron chi connectivity index (χ1n) is 5.94. The molecule has 0 bridgehead atoms. The van der Waals surface area contributed by atoms with Crippen LogP contribution < -0.4 is 4.72 Å². The van der Waals surface area contributed by atoms with Gasteiger partial charge >= 0.3 is 5.97 Å². The predicted octanol–water partition coefficient (Wildman–Crippen LogP) is 3.53. The minimum Gasteiger partial charge on any atom is -0.480 e. The lowest BCUT2D eigenvalue weighted by Gasteiger charge is -2.17. The Morgan fingerprint density at radius 2 is 1.81 bits per heavy atom. The number of carbonyl (C=O) groups is 1. The summed E-state index contributed by atoms with van der Waals surface area (Å²) < 4.78 is 27.3. The Hall–Kier alpha value is -0.340. The van der Waals surface area contributed by atoms with Crippen molar-refractivity contribution in [3.8, 4) is 0 Å². The fourth-order valence-corrected chi connectivity index (χ4v) is 4.84. The van der Waals surface area contributed by atoms with Gasteiger partial charge in [0.15, 0.2) is 0 Å². The predicted molar refractivity (Wildman–Crippen MR) is 85.4 cm³/mol. The number of carboxylic acid groups (broad SMARTS) is 1. The zero-order chi connectivity index (χ0) is 16.4. The van der Waals surface area contributed by atoms with Gasteiger partial charge in [-0.05, 0) is 24.5 Å². The largest absolute Gasteiger partial charge is 0.480 e. The number of aliphatic carboxylic acids is 1. The SMILES string of the molecule is CC(C)C[C@@H](NS(=O)(=O)c1c(Cl)cc(Br)cc1Cl)C(=O)O. The average Bonchev–Trinajstić information content (AvgIpc) is 2.24. The van der Waals surface area contributed by atoms with Crippen molar-refractivity contribution in [2.24, 2.45) is 5.92 Å². The quantitative estimate of drug-likeness (QED) is 0.739. The number of sulfonamides is 1. The van der Waals surface area contributed by atoms with Crippen molar-refractivity contribution >= 4 is 55.1 Å². The Balaban J connectivity index is 3.20. The Kier molecular flexibility index (Phi) is 6.49. The molecule has 1 aromatic rings. The van der Waals surface area contributed by atoms with E-state index in [1.54, 1.807) is 13.8 Å². The van der Waals surface area contributed by atoms with Crippen molar-refractivity contribution in [1.82, 2.24) is 4.72 Å². The highest BCUT2D eigenvalue weighted by Gasteiger charge is 2.29. The van der Waals surface area contributed by atoms with Gasteiger partial charge in [-0.1, -0.05) is 53.0 Å². The monoisotopic (exact) mass is 417 g/mol. The second-order valence-electron chi connectivity index (χ2n) is 4.84. The molecule has 0 aliphatic carbocycles. The van der Waals surface area contributed by atoms with Gasteiger partial charge in [0.25, 0.3) is 0 Å². The highest BCUT2D eigenvalue weighted by Crippen LogP contribution is 2.33. The summed E-state index contributed by atoms with van der Waals surface area (Å²) in [6.45, 7) is 3.59. The van der Waals surface area contributed by atoms with Crippen LogP contribution in [0, 0.1) is 5.92 Å². The average molecular weight is 419 g/mol. The van der Waals surface area contributed by atoms with Crippen LogP contribution in [0.4, 0.5) is 0 Å². The zero-order valence-corrected chi connectivity index (χ0v) is 15.1. The van der Waals surface area contributed by atoms with Gasteiger partial charge in [-0.15, -0.1) is 0 Å². The standard InChI is InChI=1S/C12H14BrCl2NO4S/c1-6(2)3-10(12(17)18)16-21(19,20)11-8(14)4-7(13)5-9(11)15/h4-6,10,16H,3H2,1-2H3,(H,17,18)/t10-/m1/s1. The fraction of sp³-hybridized carbons (Fsp3) is 0.417. The number of nitrogens with one attached hydrogen (secondary N) is 1. The molecule has 0 aliphatic rings. The van der Waals surface area contributed by atoms with Crippen LogP contribution in [0.25, 0.3) is 0 Å². The van der Waals surface area contributed by atoms with E-state index in [1.807, 2.05) is 0 Å². The third kappa shape index (κ3) is 5.10. The van der Waals surface area contributed by atoms with Crippen LogP contribution in [-0.2, 0) is 14.8 Å². The summed E-state index contributed by atoms with van der Waals surface area (Å²) >= 11 is 15.0. The van der Waals surface area contributed by atoms with Gasteiger partial charge in [-0.2, -0.15) is 4.72 Å². The summed E-state index contributed by atoms with van der Waals surface area (Å²) in [7, 11) is -4.14. The summed E-state index contributed by atoms with van der Waals surface area (Å²) in [5, 5.41) is 8.94. The van der Waals surface area contributed by atoms with Gasteiger partial charge < -0.3 is 5.11 Å². The Bertz CT molecular complexity index is 626. The highest BCUT2D eigenvalue weighted by atomic mass is 79.9. The summed E-state index contributed by atoms with van der Waals surface area (Å²) in [6, 6.07) is 1.51. The van der Waals surface area contributed by atoms with Crippen molar-refractivity contribution in [3.63, 3.8) is 0 Å². The highest BCUT2D eigenvalue weighted by molar-refractivity contribution is 9.10. The van der Waals surface area contributed by atoms with E-state index in [2.05, 4.69) is 20.7 Å². The van der Waals surface area contributed by atoms with E-state index in [0.29, 0.717) is 4.47 Å². The van der Waals surface area contributed by atoms with Crippen molar-refractivity contribution in [2.45, 2.75) is 31.2 Å². The molecule has 0 saturated carbocycles. The maximum atomic E-state index is 12.3. The molecule has 1 aromatic carbocycles. The van der Waals surface area contributed by atoms with Crippen molar-refractivity contribution in [1.29, 1.82) is 0 Å². The lowest BCUT2D eigenvalue weighted by Crippen LogP contribution is -2.41. The van der Waals surface area contributed by atoms with Crippen LogP contribution in [0.5, 0.6) is 0 Å². The normalized spacial score (nSPS) is 13.4. The second kappa shape index (κ2) is 7.28. The van der Waals surface area contributed by atoms with Crippen LogP contribution in [-0.4, -0.2) is 25.5 Å². The number of benzene rings is 1. The zero-order valence-electron chi connectivity index (χ0n) is 11.2. The summed E-state index contributed by atoms with van der Waals surface area (Å²) in [5.41, 5.74) is 0. The molecular weight excluding hydrogens is 405 g/mol. The molecule has 0 amide bonds. The molecule has 0 unspecified atom stereocenters. The molecule has 2 N–H and O–H groups in total. The van der Waals surface area contributed by atoms with E-state index in [0.717, 1.165) is 0 Å². The molecule has 21 heavy (non-hydrogen) atoms. The Labute approximate surface area is 141 Å². The molecule has 5 nitrogen and oxygen atoms in total. The number of carboxylic acids is 1. The molecule has 9 heteroatoms. The first-order valence-corrected chi connectivity index (χ1v) is 8.97. The Morgan fingerprint density at radius 3 is 2.19 bits per heavy atom. The molecular formula is C12H14BrCl2NO4S. The molecule has 0 fully saturated rings.